The van der Waals surface area contributed by atoms with Gasteiger partial charge in [0.2, 0.25) is 0 Å². The van der Waals surface area contributed by atoms with Crippen molar-refractivity contribution in [2.24, 2.45) is 5.92 Å². The van der Waals surface area contributed by atoms with E-state index in [-0.39, 0.29) is 0 Å². The van der Waals surface area contributed by atoms with Gasteiger partial charge in [-0.2, -0.15) is 0 Å². The summed E-state index contributed by atoms with van der Waals surface area (Å²) in [7, 11) is 2.07. The summed E-state index contributed by atoms with van der Waals surface area (Å²) in [6, 6.07) is 2.65. The van der Waals surface area contributed by atoms with Gasteiger partial charge in [-0.15, -0.1) is 11.3 Å². The van der Waals surface area contributed by atoms with Crippen LogP contribution >= 0.6 is 38.9 Å². The Balaban J connectivity index is 2.13. The highest BCUT2D eigenvalue weighted by molar-refractivity contribution is 9.10. The molecule has 0 saturated heterocycles. The first-order valence-electron chi connectivity index (χ1n) is 6.34. The third-order valence-corrected chi connectivity index (χ3v) is 6.21. The molecule has 1 aromatic rings. The van der Waals surface area contributed by atoms with Crippen molar-refractivity contribution < 1.29 is 0 Å². The zero-order valence-corrected chi connectivity index (χ0v) is 13.3. The van der Waals surface area contributed by atoms with Crippen LogP contribution in [0.2, 0.25) is 4.34 Å². The van der Waals surface area contributed by atoms with Crippen molar-refractivity contribution >= 4 is 38.9 Å². The van der Waals surface area contributed by atoms with E-state index in [2.05, 4.69) is 34.4 Å². The van der Waals surface area contributed by atoms with Gasteiger partial charge in [-0.05, 0) is 47.8 Å². The summed E-state index contributed by atoms with van der Waals surface area (Å²) < 4.78 is 1.90. The minimum absolute atomic E-state index is 0.474. The molecule has 1 aliphatic carbocycles. The molecule has 1 nitrogen and oxygen atoms in total. The van der Waals surface area contributed by atoms with Crippen LogP contribution in [0.1, 0.15) is 49.4 Å². The van der Waals surface area contributed by atoms with E-state index in [0.717, 1.165) is 14.7 Å². The molecule has 1 fully saturated rings. The van der Waals surface area contributed by atoms with Gasteiger partial charge < -0.3 is 5.32 Å². The van der Waals surface area contributed by atoms with E-state index in [9.17, 15) is 0 Å². The number of thiophene rings is 1. The van der Waals surface area contributed by atoms with Gasteiger partial charge in [-0.25, -0.2) is 0 Å². The molecule has 2 rings (SSSR count). The van der Waals surface area contributed by atoms with Gasteiger partial charge in [-0.3, -0.25) is 0 Å². The van der Waals surface area contributed by atoms with Gasteiger partial charge in [0, 0.05) is 15.4 Å². The lowest BCUT2D eigenvalue weighted by molar-refractivity contribution is 0.346. The van der Waals surface area contributed by atoms with Crippen molar-refractivity contribution in [1.82, 2.24) is 5.32 Å². The lowest BCUT2D eigenvalue weighted by Crippen LogP contribution is -2.24. The van der Waals surface area contributed by atoms with E-state index >= 15 is 0 Å². The number of rotatable bonds is 3. The van der Waals surface area contributed by atoms with Gasteiger partial charge in [-0.1, -0.05) is 37.3 Å². The summed E-state index contributed by atoms with van der Waals surface area (Å²) >= 11 is 11.4. The summed E-state index contributed by atoms with van der Waals surface area (Å²) in [6.07, 6.45) is 8.26. The van der Waals surface area contributed by atoms with Crippen molar-refractivity contribution in [3.05, 3.63) is 19.8 Å². The Kier molecular flexibility index (Phi) is 5.34. The molecule has 0 spiro atoms. The lowest BCUT2D eigenvalue weighted by atomic mass is 9.91. The van der Waals surface area contributed by atoms with E-state index < -0.39 is 0 Å². The molecule has 1 aromatic heterocycles. The molecular weight excluding hydrogens is 318 g/mol. The Morgan fingerprint density at radius 2 is 2.00 bits per heavy atom. The quantitative estimate of drug-likeness (QED) is 0.729. The maximum absolute atomic E-state index is 6.15. The van der Waals surface area contributed by atoms with Crippen molar-refractivity contribution in [1.29, 1.82) is 0 Å². The number of hydrogen-bond acceptors (Lipinski definition) is 2. The second-order valence-corrected chi connectivity index (χ2v) is 7.33. The Labute approximate surface area is 121 Å². The van der Waals surface area contributed by atoms with Crippen LogP contribution in [0.5, 0.6) is 0 Å². The zero-order valence-electron chi connectivity index (χ0n) is 10.1. The van der Waals surface area contributed by atoms with Crippen molar-refractivity contribution in [3.8, 4) is 0 Å². The monoisotopic (exact) mass is 335 g/mol. The molecule has 0 bridgehead atoms. The van der Waals surface area contributed by atoms with E-state index in [1.807, 2.05) is 0 Å². The third-order valence-electron chi connectivity index (χ3n) is 3.65. The van der Waals surface area contributed by atoms with E-state index in [0.29, 0.717) is 6.04 Å². The molecular formula is C13H19BrClNS. The predicted molar refractivity (Wildman–Crippen MR) is 80.0 cm³/mol. The predicted octanol–water partition coefficient (Wildman–Crippen LogP) is 5.39. The summed E-state index contributed by atoms with van der Waals surface area (Å²) in [4.78, 5) is 1.37. The Morgan fingerprint density at radius 3 is 2.47 bits per heavy atom. The van der Waals surface area contributed by atoms with Gasteiger partial charge in [0.05, 0.1) is 0 Å². The minimum Gasteiger partial charge on any atom is -0.312 e. The molecule has 96 valence electrons. The molecule has 4 heteroatoms. The van der Waals surface area contributed by atoms with Crippen LogP contribution in [0.3, 0.4) is 0 Å². The molecule has 1 aliphatic rings. The molecule has 0 aliphatic heterocycles. The zero-order chi connectivity index (χ0) is 12.3. The molecule has 17 heavy (non-hydrogen) atoms. The molecule has 0 aromatic carbocycles. The highest BCUT2D eigenvalue weighted by Gasteiger charge is 2.24. The summed E-state index contributed by atoms with van der Waals surface area (Å²) in [5.41, 5.74) is 0. The first-order chi connectivity index (χ1) is 8.22. The van der Waals surface area contributed by atoms with E-state index in [1.165, 1.54) is 43.4 Å². The largest absolute Gasteiger partial charge is 0.312 e. The van der Waals surface area contributed by atoms with Crippen LogP contribution in [0, 0.1) is 5.92 Å². The van der Waals surface area contributed by atoms with Crippen LogP contribution in [-0.4, -0.2) is 7.05 Å². The Bertz CT molecular complexity index is 339. The smallest absolute Gasteiger partial charge is 0.107 e. The fourth-order valence-corrected chi connectivity index (χ4v) is 4.71. The number of hydrogen-bond donors (Lipinski definition) is 1. The fraction of sp³-hybridized carbons (Fsp3) is 0.692. The first kappa shape index (κ1) is 13.9. The molecule has 0 radical (unpaired) electrons. The van der Waals surface area contributed by atoms with Crippen molar-refractivity contribution in [2.45, 2.75) is 44.6 Å². The van der Waals surface area contributed by atoms with Gasteiger partial charge in [0.1, 0.15) is 4.34 Å². The van der Waals surface area contributed by atoms with Crippen LogP contribution in [0.4, 0.5) is 0 Å². The number of nitrogens with one attached hydrogen (secondary N) is 1. The molecule has 1 heterocycles. The molecule has 1 saturated carbocycles. The lowest BCUT2D eigenvalue weighted by Gasteiger charge is -2.24. The summed E-state index contributed by atoms with van der Waals surface area (Å²) in [6.45, 7) is 0. The Morgan fingerprint density at radius 1 is 1.35 bits per heavy atom. The maximum atomic E-state index is 6.15. The highest BCUT2D eigenvalue weighted by atomic mass is 79.9. The minimum atomic E-state index is 0.474. The van der Waals surface area contributed by atoms with Gasteiger partial charge in [0.25, 0.3) is 0 Å². The normalized spacial score (nSPS) is 20.2. The van der Waals surface area contributed by atoms with Gasteiger partial charge in [0.15, 0.2) is 0 Å². The molecule has 0 amide bonds. The topological polar surface area (TPSA) is 12.0 Å². The average molecular weight is 337 g/mol. The van der Waals surface area contributed by atoms with Crippen molar-refractivity contribution in [3.63, 3.8) is 0 Å². The Hall–Kier alpha value is 0.430. The average Bonchev–Trinajstić information content (AvgIpc) is 2.56. The maximum Gasteiger partial charge on any atom is 0.107 e. The molecule has 1 atom stereocenters. The standard InChI is InChI=1S/C13H19BrClNS/c1-16-12(9-6-4-2-3-5-7-9)11-8-10(14)13(15)17-11/h8-9,12,16H,2-7H2,1H3. The third kappa shape index (κ3) is 3.46. The van der Waals surface area contributed by atoms with Crippen LogP contribution in [-0.2, 0) is 0 Å². The summed E-state index contributed by atoms with van der Waals surface area (Å²) in [5.74, 6) is 0.768. The van der Waals surface area contributed by atoms with Crippen molar-refractivity contribution in [2.75, 3.05) is 7.05 Å². The van der Waals surface area contributed by atoms with E-state index in [1.54, 1.807) is 11.3 Å². The van der Waals surface area contributed by atoms with Crippen LogP contribution < -0.4 is 5.32 Å². The SMILES string of the molecule is CNC(c1cc(Br)c(Cl)s1)C1CCCCCC1. The van der Waals surface area contributed by atoms with Gasteiger partial charge >= 0.3 is 0 Å². The highest BCUT2D eigenvalue weighted by Crippen LogP contribution is 2.40. The first-order valence-corrected chi connectivity index (χ1v) is 8.33. The van der Waals surface area contributed by atoms with Crippen LogP contribution in [0.25, 0.3) is 0 Å². The fourth-order valence-electron chi connectivity index (χ4n) is 2.77. The molecule has 1 N–H and O–H groups in total. The van der Waals surface area contributed by atoms with E-state index in [4.69, 9.17) is 11.6 Å². The van der Waals surface area contributed by atoms with Crippen LogP contribution in [0.15, 0.2) is 10.5 Å². The molecule has 1 unspecified atom stereocenters. The second-order valence-electron chi connectivity index (χ2n) is 4.79. The summed E-state index contributed by atoms with van der Waals surface area (Å²) in [5, 5.41) is 3.49. The number of halogens is 2. The second kappa shape index (κ2) is 6.55.